The van der Waals surface area contributed by atoms with E-state index in [1.807, 2.05) is 34.1 Å². The minimum Gasteiger partial charge on any atom is -0.367 e. The standard InChI is InChI=1S/C23H24ClF3N6/c24-16-4-5-17-18(14-16)28-7-6-19(17)31-10-12-32(13-11-31)21-15-20(23(25,26)27)29-22(30-21)33-8-2-1-3-9-33/h4-7,14-15H,1-3,8-13H2. The number of rotatable bonds is 3. The van der Waals surface area contributed by atoms with Gasteiger partial charge in [0.1, 0.15) is 5.82 Å². The maximum absolute atomic E-state index is 13.6. The fraction of sp³-hybridized carbons (Fsp3) is 0.435. The molecule has 5 rings (SSSR count). The molecule has 0 radical (unpaired) electrons. The van der Waals surface area contributed by atoms with E-state index in [1.54, 1.807) is 6.20 Å². The lowest BCUT2D eigenvalue weighted by Crippen LogP contribution is -2.47. The third kappa shape index (κ3) is 4.64. The van der Waals surface area contributed by atoms with E-state index in [1.165, 1.54) is 0 Å². The third-order valence-corrected chi connectivity index (χ3v) is 6.49. The Labute approximate surface area is 195 Å². The van der Waals surface area contributed by atoms with Gasteiger partial charge in [-0.05, 0) is 43.5 Å². The average Bonchev–Trinajstić information content (AvgIpc) is 2.83. The summed E-state index contributed by atoms with van der Waals surface area (Å²) in [6, 6.07) is 8.67. The Bertz CT molecular complexity index is 1140. The van der Waals surface area contributed by atoms with Crippen LogP contribution >= 0.6 is 11.6 Å². The SMILES string of the molecule is FC(F)(F)c1cc(N2CCN(c3ccnc4cc(Cl)ccc34)CC2)nc(N2CCCCC2)n1. The molecule has 174 valence electrons. The van der Waals surface area contributed by atoms with Gasteiger partial charge in [0.05, 0.1) is 5.52 Å². The summed E-state index contributed by atoms with van der Waals surface area (Å²) in [4.78, 5) is 18.8. The number of benzene rings is 1. The van der Waals surface area contributed by atoms with Gasteiger partial charge < -0.3 is 14.7 Å². The van der Waals surface area contributed by atoms with Gasteiger partial charge in [0.15, 0.2) is 5.69 Å². The highest BCUT2D eigenvalue weighted by Gasteiger charge is 2.35. The molecule has 0 amide bonds. The molecular formula is C23H24ClF3N6. The molecule has 3 aromatic rings. The highest BCUT2D eigenvalue weighted by Crippen LogP contribution is 2.33. The maximum atomic E-state index is 13.6. The summed E-state index contributed by atoms with van der Waals surface area (Å²) in [6.45, 7) is 3.82. The van der Waals surface area contributed by atoms with Crippen LogP contribution in [-0.2, 0) is 6.18 Å². The molecule has 0 atom stereocenters. The van der Waals surface area contributed by atoms with Crippen molar-refractivity contribution in [2.24, 2.45) is 0 Å². The van der Waals surface area contributed by atoms with E-state index in [9.17, 15) is 13.2 Å². The van der Waals surface area contributed by atoms with Crippen LogP contribution in [0.1, 0.15) is 25.0 Å². The van der Waals surface area contributed by atoms with Gasteiger partial charge in [-0.3, -0.25) is 4.98 Å². The Kier molecular flexibility index (Phi) is 5.90. The normalized spacial score (nSPS) is 17.6. The summed E-state index contributed by atoms with van der Waals surface area (Å²) in [5, 5.41) is 1.63. The summed E-state index contributed by atoms with van der Waals surface area (Å²) < 4.78 is 40.8. The minimum atomic E-state index is -4.51. The van der Waals surface area contributed by atoms with Gasteiger partial charge in [-0.15, -0.1) is 0 Å². The molecule has 0 unspecified atom stereocenters. The Balaban J connectivity index is 1.38. The molecule has 2 saturated heterocycles. The number of alkyl halides is 3. The van der Waals surface area contributed by atoms with Crippen LogP contribution in [0.25, 0.3) is 10.9 Å². The fourth-order valence-electron chi connectivity index (χ4n) is 4.52. The molecule has 2 aliphatic rings. The summed E-state index contributed by atoms with van der Waals surface area (Å²) in [5.74, 6) is 0.517. The average molecular weight is 477 g/mol. The summed E-state index contributed by atoms with van der Waals surface area (Å²) in [7, 11) is 0. The van der Waals surface area contributed by atoms with Crippen LogP contribution in [0.15, 0.2) is 36.5 Å². The van der Waals surface area contributed by atoms with Gasteiger partial charge in [-0.2, -0.15) is 18.2 Å². The quantitative estimate of drug-likeness (QED) is 0.529. The molecule has 2 aliphatic heterocycles. The zero-order valence-electron chi connectivity index (χ0n) is 18.0. The number of aromatic nitrogens is 3. The van der Waals surface area contributed by atoms with Crippen LogP contribution in [0.5, 0.6) is 0 Å². The van der Waals surface area contributed by atoms with Gasteiger partial charge in [-0.25, -0.2) is 4.98 Å². The van der Waals surface area contributed by atoms with E-state index in [0.29, 0.717) is 50.1 Å². The van der Waals surface area contributed by atoms with Crippen LogP contribution in [-0.4, -0.2) is 54.2 Å². The van der Waals surface area contributed by atoms with Crippen molar-refractivity contribution >= 4 is 40.0 Å². The van der Waals surface area contributed by atoms with Crippen molar-refractivity contribution in [3.05, 3.63) is 47.2 Å². The smallest absolute Gasteiger partial charge is 0.367 e. The van der Waals surface area contributed by atoms with Crippen LogP contribution < -0.4 is 14.7 Å². The van der Waals surface area contributed by atoms with Crippen molar-refractivity contribution in [1.82, 2.24) is 15.0 Å². The number of hydrogen-bond acceptors (Lipinski definition) is 6. The lowest BCUT2D eigenvalue weighted by atomic mass is 10.1. The molecule has 2 aromatic heterocycles. The third-order valence-electron chi connectivity index (χ3n) is 6.26. The van der Waals surface area contributed by atoms with E-state index in [4.69, 9.17) is 11.6 Å². The van der Waals surface area contributed by atoms with Gasteiger partial charge in [0, 0.05) is 67.6 Å². The summed E-state index contributed by atoms with van der Waals surface area (Å²) in [6.07, 6.45) is 0.212. The second-order valence-corrected chi connectivity index (χ2v) is 8.86. The molecule has 2 fully saturated rings. The Morgan fingerprint density at radius 1 is 0.788 bits per heavy atom. The first-order valence-electron chi connectivity index (χ1n) is 11.1. The van der Waals surface area contributed by atoms with Crippen LogP contribution in [0.2, 0.25) is 5.02 Å². The number of piperidine rings is 1. The van der Waals surface area contributed by atoms with Crippen molar-refractivity contribution in [2.45, 2.75) is 25.4 Å². The Morgan fingerprint density at radius 3 is 2.24 bits per heavy atom. The van der Waals surface area contributed by atoms with E-state index >= 15 is 0 Å². The first kappa shape index (κ1) is 22.0. The number of piperazine rings is 1. The van der Waals surface area contributed by atoms with Crippen molar-refractivity contribution in [1.29, 1.82) is 0 Å². The number of halogens is 4. The number of fused-ring (bicyclic) bond motifs is 1. The van der Waals surface area contributed by atoms with Gasteiger partial charge >= 0.3 is 6.18 Å². The molecule has 6 nitrogen and oxygen atoms in total. The van der Waals surface area contributed by atoms with Crippen LogP contribution in [0.3, 0.4) is 0 Å². The van der Waals surface area contributed by atoms with Crippen molar-refractivity contribution in [3.63, 3.8) is 0 Å². The molecule has 1 aromatic carbocycles. The van der Waals surface area contributed by atoms with E-state index < -0.39 is 11.9 Å². The Hall–Kier alpha value is -2.81. The zero-order valence-corrected chi connectivity index (χ0v) is 18.8. The number of anilines is 3. The predicted octanol–water partition coefficient (Wildman–Crippen LogP) is 5.01. The molecule has 0 aliphatic carbocycles. The molecule has 0 bridgehead atoms. The van der Waals surface area contributed by atoms with Crippen LogP contribution in [0.4, 0.5) is 30.6 Å². The molecule has 10 heteroatoms. The lowest BCUT2D eigenvalue weighted by Gasteiger charge is -2.37. The highest BCUT2D eigenvalue weighted by molar-refractivity contribution is 6.31. The first-order valence-corrected chi connectivity index (χ1v) is 11.5. The first-order chi connectivity index (χ1) is 15.9. The summed E-state index contributed by atoms with van der Waals surface area (Å²) >= 11 is 6.10. The van der Waals surface area contributed by atoms with E-state index in [-0.39, 0.29) is 5.95 Å². The van der Waals surface area contributed by atoms with Gasteiger partial charge in [0.2, 0.25) is 5.95 Å². The van der Waals surface area contributed by atoms with Crippen molar-refractivity contribution in [2.75, 3.05) is 54.0 Å². The lowest BCUT2D eigenvalue weighted by molar-refractivity contribution is -0.141. The van der Waals surface area contributed by atoms with Crippen molar-refractivity contribution in [3.8, 4) is 0 Å². The second kappa shape index (κ2) is 8.85. The highest BCUT2D eigenvalue weighted by atomic mass is 35.5. The molecule has 4 heterocycles. The van der Waals surface area contributed by atoms with Gasteiger partial charge in [-0.1, -0.05) is 11.6 Å². The van der Waals surface area contributed by atoms with Crippen LogP contribution in [0, 0.1) is 0 Å². The topological polar surface area (TPSA) is 48.4 Å². The molecular weight excluding hydrogens is 453 g/mol. The zero-order chi connectivity index (χ0) is 23.0. The molecule has 0 N–H and O–H groups in total. The van der Waals surface area contributed by atoms with E-state index in [0.717, 1.165) is 41.9 Å². The fourth-order valence-corrected chi connectivity index (χ4v) is 4.69. The number of nitrogens with zero attached hydrogens (tertiary/aromatic N) is 6. The molecule has 0 spiro atoms. The van der Waals surface area contributed by atoms with E-state index in [2.05, 4.69) is 19.9 Å². The predicted molar refractivity (Wildman–Crippen MR) is 124 cm³/mol. The molecule has 0 saturated carbocycles. The second-order valence-electron chi connectivity index (χ2n) is 8.42. The molecule has 33 heavy (non-hydrogen) atoms. The monoisotopic (exact) mass is 476 g/mol. The summed E-state index contributed by atoms with van der Waals surface area (Å²) in [5.41, 5.74) is 0.982. The number of hydrogen-bond donors (Lipinski definition) is 0. The Morgan fingerprint density at radius 2 is 1.52 bits per heavy atom. The largest absolute Gasteiger partial charge is 0.433 e. The number of pyridine rings is 1. The minimum absolute atomic E-state index is 0.180. The van der Waals surface area contributed by atoms with Crippen molar-refractivity contribution < 1.29 is 13.2 Å². The maximum Gasteiger partial charge on any atom is 0.433 e. The van der Waals surface area contributed by atoms with Gasteiger partial charge in [0.25, 0.3) is 0 Å².